The Morgan fingerprint density at radius 2 is 0.395 bits per heavy atom. The molecule has 0 saturated heterocycles. The smallest absolute Gasteiger partial charge is 0.385 e. The third-order valence-electron chi connectivity index (χ3n) is 17.0. The highest BCUT2D eigenvalue weighted by molar-refractivity contribution is 7.49. The van der Waals surface area contributed by atoms with E-state index < -0.39 is 24.1 Å². The van der Waals surface area contributed by atoms with Crippen LogP contribution < -0.4 is 13.6 Å². The molecule has 422 valence electrons. The molecule has 0 atom stereocenters. The second-order valence-electron chi connectivity index (χ2n) is 23.5. The quantitative estimate of drug-likeness (QED) is 0.0803. The highest BCUT2D eigenvalue weighted by Gasteiger charge is 2.41. The first-order chi connectivity index (χ1) is 41.8. The van der Waals surface area contributed by atoms with Crippen molar-refractivity contribution in [2.75, 3.05) is 0 Å². The van der Waals surface area contributed by atoms with Crippen molar-refractivity contribution in [1.82, 2.24) is 0 Å². The van der Waals surface area contributed by atoms with Gasteiger partial charge >= 0.3 is 7.82 Å². The van der Waals surface area contributed by atoms with Crippen LogP contribution in [-0.2, 0) is 20.8 Å². The van der Waals surface area contributed by atoms with E-state index in [-0.39, 0.29) is 0 Å². The molecule has 0 radical (unpaired) electrons. The number of hydrogen-bond acceptors (Lipinski definition) is 4. The van der Waals surface area contributed by atoms with Crippen molar-refractivity contribution in [3.63, 3.8) is 0 Å². The van der Waals surface area contributed by atoms with Crippen LogP contribution in [0.4, 0.5) is 0 Å². The van der Waals surface area contributed by atoms with Gasteiger partial charge in [-0.25, -0.2) is 0 Å². The summed E-state index contributed by atoms with van der Waals surface area (Å²) in [7, 11) is -5.00. The predicted octanol–water partition coefficient (Wildman–Crippen LogP) is 22.3. The zero-order valence-electron chi connectivity index (χ0n) is 49.5. The standard InChI is InChI=1S/C81H69O4P/c1-79(2,64-46-28-13-29-47-64)67-52-55-70(76(61-40-22-10-23-41-61)73(67)58-34-16-7-17-35-58)83-86(82,84-71-56-53-68(80(3,4)65-48-30-14-31-49-65)74(59-36-18-8-19-37-59)77(71)62-42-24-11-25-43-62)85-72-57-54-69(81(5,6)66-50-32-15-33-51-66)75(60-38-20-9-21-39-60)78(72)63-44-26-12-27-45-63/h7-57H,1-6H3. The maximum Gasteiger partial charge on any atom is 0.647 e. The highest BCUT2D eigenvalue weighted by Crippen LogP contribution is 2.60. The number of phosphoric ester groups is 1. The lowest BCUT2D eigenvalue weighted by Crippen LogP contribution is -2.21. The molecule has 4 nitrogen and oxygen atoms in total. The van der Waals surface area contributed by atoms with Crippen molar-refractivity contribution in [2.24, 2.45) is 0 Å². The first-order valence-corrected chi connectivity index (χ1v) is 31.0. The van der Waals surface area contributed by atoms with Crippen molar-refractivity contribution in [2.45, 2.75) is 57.8 Å². The topological polar surface area (TPSA) is 44.8 Å². The lowest BCUT2D eigenvalue weighted by molar-refractivity contribution is 0.299. The van der Waals surface area contributed by atoms with Gasteiger partial charge in [-0.2, -0.15) is 4.57 Å². The van der Waals surface area contributed by atoms with Crippen LogP contribution in [0.25, 0.3) is 66.8 Å². The van der Waals surface area contributed by atoms with Gasteiger partial charge in [0.2, 0.25) is 0 Å². The monoisotopic (exact) mass is 1140 g/mol. The number of hydrogen-bond donors (Lipinski definition) is 0. The molecule has 86 heavy (non-hydrogen) atoms. The van der Waals surface area contributed by atoms with Gasteiger partial charge in [0.05, 0.1) is 0 Å². The maximum atomic E-state index is 17.7. The molecule has 0 heterocycles. The first-order valence-electron chi connectivity index (χ1n) is 29.5. The van der Waals surface area contributed by atoms with E-state index in [9.17, 15) is 0 Å². The van der Waals surface area contributed by atoms with Crippen LogP contribution in [0.2, 0.25) is 0 Å². The van der Waals surface area contributed by atoms with Gasteiger partial charge in [-0.1, -0.05) is 333 Å². The minimum absolute atomic E-state index is 0.323. The molecule has 12 aromatic rings. The van der Waals surface area contributed by atoms with E-state index in [1.807, 2.05) is 91.0 Å². The minimum atomic E-state index is -5.00. The summed E-state index contributed by atoms with van der Waals surface area (Å²) in [4.78, 5) is 0. The Kier molecular flexibility index (Phi) is 15.9. The van der Waals surface area contributed by atoms with E-state index in [0.717, 1.165) is 100 Å². The van der Waals surface area contributed by atoms with Crippen molar-refractivity contribution in [3.05, 3.63) is 343 Å². The third kappa shape index (κ3) is 11.2. The summed E-state index contributed by atoms with van der Waals surface area (Å²) in [5, 5.41) is 0. The Morgan fingerprint density at radius 1 is 0.221 bits per heavy atom. The molecule has 0 aromatic heterocycles. The van der Waals surface area contributed by atoms with Gasteiger partial charge in [0.1, 0.15) is 17.2 Å². The zero-order valence-corrected chi connectivity index (χ0v) is 50.4. The number of rotatable bonds is 18. The van der Waals surface area contributed by atoms with Gasteiger partial charge in [0.25, 0.3) is 0 Å². The molecule has 0 unspecified atom stereocenters. The summed E-state index contributed by atoms with van der Waals surface area (Å²) >= 11 is 0. The van der Waals surface area contributed by atoms with Gasteiger partial charge < -0.3 is 13.6 Å². The van der Waals surface area contributed by atoms with Crippen molar-refractivity contribution in [3.8, 4) is 84.0 Å². The molecule has 0 aliphatic heterocycles. The fraction of sp³-hybridized carbons (Fsp3) is 0.111. The van der Waals surface area contributed by atoms with Crippen LogP contribution in [0.5, 0.6) is 17.2 Å². The zero-order chi connectivity index (χ0) is 59.3. The van der Waals surface area contributed by atoms with Crippen LogP contribution >= 0.6 is 7.82 Å². The molecular formula is C81H69O4P. The molecule has 0 amide bonds. The largest absolute Gasteiger partial charge is 0.647 e. The average molecular weight is 1140 g/mol. The van der Waals surface area contributed by atoms with Crippen molar-refractivity contribution < 1.29 is 18.1 Å². The normalized spacial score (nSPS) is 11.9. The summed E-state index contributed by atoms with van der Waals surface area (Å²) in [5.41, 5.74) is 15.6. The average Bonchev–Trinajstić information content (AvgIpc) is 1.39. The predicted molar refractivity (Wildman–Crippen MR) is 357 cm³/mol. The van der Waals surface area contributed by atoms with Crippen LogP contribution in [0.3, 0.4) is 0 Å². The van der Waals surface area contributed by atoms with E-state index in [1.165, 1.54) is 0 Å². The van der Waals surface area contributed by atoms with Gasteiger partial charge in [0.15, 0.2) is 0 Å². The molecule has 0 bridgehead atoms. The molecule has 0 N–H and O–H groups in total. The Bertz CT molecular complexity index is 3860. The Morgan fingerprint density at radius 3 is 0.593 bits per heavy atom. The SMILES string of the molecule is CC(C)(c1ccccc1)c1ccc(OP(=O)(Oc2ccc(C(C)(C)c3ccccc3)c(-c3ccccc3)c2-c2ccccc2)Oc2ccc(C(C)(C)c3ccccc3)c(-c3ccccc3)c2-c2ccccc2)c(-c2ccccc2)c1-c1ccccc1. The summed E-state index contributed by atoms with van der Waals surface area (Å²) in [6.45, 7) is 13.5. The fourth-order valence-electron chi connectivity index (χ4n) is 12.4. The van der Waals surface area contributed by atoms with E-state index in [0.29, 0.717) is 17.2 Å². The lowest BCUT2D eigenvalue weighted by atomic mass is 9.73. The summed E-state index contributed by atoms with van der Waals surface area (Å²) in [6.07, 6.45) is 0. The van der Waals surface area contributed by atoms with Crippen LogP contribution in [0, 0.1) is 0 Å². The number of benzene rings is 12. The Labute approximate surface area is 507 Å². The summed E-state index contributed by atoms with van der Waals surface area (Å²) in [6, 6.07) is 106. The van der Waals surface area contributed by atoms with E-state index in [2.05, 4.69) is 260 Å². The van der Waals surface area contributed by atoms with Crippen LogP contribution in [0.15, 0.2) is 309 Å². The van der Waals surface area contributed by atoms with E-state index in [1.54, 1.807) is 0 Å². The van der Waals surface area contributed by atoms with Gasteiger partial charge in [0, 0.05) is 32.9 Å². The molecule has 12 rings (SSSR count). The van der Waals surface area contributed by atoms with E-state index >= 15 is 4.57 Å². The van der Waals surface area contributed by atoms with Gasteiger partial charge in [-0.05, 0) is 102 Å². The van der Waals surface area contributed by atoms with E-state index in [4.69, 9.17) is 13.6 Å². The Hall–Kier alpha value is -9.73. The summed E-state index contributed by atoms with van der Waals surface area (Å²) in [5.74, 6) is 0.969. The molecule has 0 fully saturated rings. The first kappa shape index (κ1) is 56.7. The highest BCUT2D eigenvalue weighted by atomic mass is 31.2. The molecule has 0 spiro atoms. The number of phosphoric acid groups is 1. The lowest BCUT2D eigenvalue weighted by Gasteiger charge is -2.33. The van der Waals surface area contributed by atoms with Gasteiger partial charge in [-0.15, -0.1) is 0 Å². The molecule has 0 aliphatic rings. The molecular weight excluding hydrogens is 1070 g/mol. The molecule has 0 aliphatic carbocycles. The summed E-state index contributed by atoms with van der Waals surface area (Å²) < 4.78 is 40.0. The second kappa shape index (κ2) is 24.1. The third-order valence-corrected chi connectivity index (χ3v) is 18.3. The molecule has 5 heteroatoms. The van der Waals surface area contributed by atoms with Gasteiger partial charge in [-0.3, -0.25) is 0 Å². The molecule has 12 aromatic carbocycles. The maximum absolute atomic E-state index is 17.7. The van der Waals surface area contributed by atoms with Crippen molar-refractivity contribution >= 4 is 7.82 Å². The van der Waals surface area contributed by atoms with Crippen molar-refractivity contribution in [1.29, 1.82) is 0 Å². The fourth-order valence-corrected chi connectivity index (χ4v) is 13.7. The second-order valence-corrected chi connectivity index (χ2v) is 24.9. The Balaban J connectivity index is 1.16. The molecule has 0 saturated carbocycles. The van der Waals surface area contributed by atoms with Crippen LogP contribution in [-0.4, -0.2) is 0 Å². The van der Waals surface area contributed by atoms with Crippen LogP contribution in [0.1, 0.15) is 74.9 Å². The minimum Gasteiger partial charge on any atom is -0.385 e.